The van der Waals surface area contributed by atoms with Crippen molar-refractivity contribution in [1.29, 1.82) is 5.53 Å². The number of carbonyl (C=O) groups excluding carboxylic acids is 7. The van der Waals surface area contributed by atoms with Gasteiger partial charge in [0.1, 0.15) is 54.5 Å². The number of fused-ring (bicyclic) bond motifs is 2. The Kier molecular flexibility index (Phi) is 14.1. The van der Waals surface area contributed by atoms with Crippen LogP contribution in [0.5, 0.6) is 0 Å². The van der Waals surface area contributed by atoms with Gasteiger partial charge in [-0.3, -0.25) is 28.8 Å². The number of cyclic esters (lactones) is 1. The van der Waals surface area contributed by atoms with Crippen LogP contribution in [-0.4, -0.2) is 125 Å². The molecule has 5 rings (SSSR count). The van der Waals surface area contributed by atoms with E-state index in [1.54, 1.807) is 0 Å². The van der Waals surface area contributed by atoms with E-state index in [4.69, 9.17) is 10.3 Å². The van der Waals surface area contributed by atoms with Crippen molar-refractivity contribution >= 4 is 41.4 Å². The molecule has 1 aromatic carbocycles. The molecule has 6 amide bonds. The molecule has 18 heteroatoms. The van der Waals surface area contributed by atoms with Crippen LogP contribution in [0.4, 0.5) is 8.78 Å². The lowest BCUT2D eigenvalue weighted by Gasteiger charge is -2.34. The van der Waals surface area contributed by atoms with Gasteiger partial charge < -0.3 is 35.4 Å². The number of nitrogens with zero attached hydrogens (tertiary/aromatic N) is 4. The lowest BCUT2D eigenvalue weighted by Crippen LogP contribution is -2.60. The number of rotatable bonds is 9. The lowest BCUT2D eigenvalue weighted by atomic mass is 9.86. The summed E-state index contributed by atoms with van der Waals surface area (Å²) in [6, 6.07) is -5.51. The van der Waals surface area contributed by atoms with Crippen LogP contribution in [0.25, 0.3) is 0 Å². The van der Waals surface area contributed by atoms with E-state index in [9.17, 15) is 42.3 Å². The van der Waals surface area contributed by atoms with Crippen LogP contribution in [-0.2, 0) is 44.7 Å². The van der Waals surface area contributed by atoms with Crippen LogP contribution >= 0.6 is 0 Å². The third-order valence-electron chi connectivity index (χ3n) is 11.4. The van der Waals surface area contributed by atoms with Gasteiger partial charge in [0, 0.05) is 45.5 Å². The summed E-state index contributed by atoms with van der Waals surface area (Å²) in [5.74, 6) is -6.41. The number of esters is 1. The van der Waals surface area contributed by atoms with Crippen molar-refractivity contribution in [3.63, 3.8) is 0 Å². The molecular formula is C38H52F2N8O8. The number of nitrogens with one attached hydrogen (secondary N) is 4. The smallest absolute Gasteiger partial charge is 0.329 e. The predicted octanol–water partition coefficient (Wildman–Crippen LogP) is 1.74. The van der Waals surface area contributed by atoms with Gasteiger partial charge in [-0.15, -0.1) is 0 Å². The summed E-state index contributed by atoms with van der Waals surface area (Å²) in [5, 5.41) is 11.3. The molecule has 3 saturated heterocycles. The third-order valence-corrected chi connectivity index (χ3v) is 11.4. The third kappa shape index (κ3) is 10.2. The number of carbonyl (C=O) groups is 7. The molecule has 306 valence electrons. The molecule has 3 aliphatic heterocycles. The fraction of sp³-hybridized carbons (Fsp3) is 0.658. The molecule has 0 aromatic heterocycles. The highest BCUT2D eigenvalue weighted by Gasteiger charge is 2.45. The Morgan fingerprint density at radius 3 is 2.32 bits per heavy atom. The van der Waals surface area contributed by atoms with Gasteiger partial charge in [-0.2, -0.15) is 5.11 Å². The van der Waals surface area contributed by atoms with Gasteiger partial charge in [0.2, 0.25) is 35.4 Å². The molecule has 4 N–H and O–H groups in total. The first kappa shape index (κ1) is 42.1. The fourth-order valence-electron chi connectivity index (χ4n) is 8.07. The molecule has 3 heterocycles. The van der Waals surface area contributed by atoms with Crippen LogP contribution in [0.15, 0.2) is 23.3 Å². The molecule has 4 fully saturated rings. The quantitative estimate of drug-likeness (QED) is 0.214. The molecule has 1 aromatic rings. The van der Waals surface area contributed by atoms with Crippen LogP contribution in [0.1, 0.15) is 83.6 Å². The van der Waals surface area contributed by atoms with Crippen molar-refractivity contribution in [2.75, 3.05) is 26.7 Å². The van der Waals surface area contributed by atoms with Crippen molar-refractivity contribution in [2.24, 2.45) is 11.0 Å². The summed E-state index contributed by atoms with van der Waals surface area (Å²) >= 11 is 0. The minimum absolute atomic E-state index is 0.0620. The van der Waals surface area contributed by atoms with Gasteiger partial charge in [-0.05, 0) is 56.7 Å². The molecular weight excluding hydrogens is 734 g/mol. The molecule has 16 nitrogen and oxygen atoms in total. The van der Waals surface area contributed by atoms with E-state index in [1.807, 2.05) is 0 Å². The highest BCUT2D eigenvalue weighted by Crippen LogP contribution is 2.28. The Morgan fingerprint density at radius 1 is 0.946 bits per heavy atom. The normalized spacial score (nSPS) is 27.6. The highest BCUT2D eigenvalue weighted by molar-refractivity contribution is 5.97. The second kappa shape index (κ2) is 18.7. The number of likely N-dealkylation sites (N-methyl/N-ethyl adjacent to an activating group) is 1. The Balaban J connectivity index is 1.44. The van der Waals surface area contributed by atoms with E-state index in [2.05, 4.69) is 21.1 Å². The molecule has 0 spiro atoms. The van der Waals surface area contributed by atoms with Gasteiger partial charge in [-0.1, -0.05) is 32.1 Å². The van der Waals surface area contributed by atoms with Crippen molar-refractivity contribution in [3.8, 4) is 0 Å². The first-order valence-corrected chi connectivity index (χ1v) is 19.4. The van der Waals surface area contributed by atoms with Crippen molar-refractivity contribution in [3.05, 3.63) is 35.4 Å². The zero-order chi connectivity index (χ0) is 40.7. The minimum atomic E-state index is -1.61. The van der Waals surface area contributed by atoms with Crippen LogP contribution in [0.3, 0.4) is 0 Å². The Labute approximate surface area is 324 Å². The molecule has 7 atom stereocenters. The van der Waals surface area contributed by atoms with Crippen molar-refractivity contribution in [1.82, 2.24) is 30.7 Å². The molecule has 1 saturated carbocycles. The molecule has 0 unspecified atom stereocenters. The number of halogens is 2. The first-order valence-electron chi connectivity index (χ1n) is 19.4. The van der Waals surface area contributed by atoms with Gasteiger partial charge >= 0.3 is 5.97 Å². The van der Waals surface area contributed by atoms with Crippen molar-refractivity contribution < 1.29 is 47.1 Å². The van der Waals surface area contributed by atoms with E-state index < -0.39 is 102 Å². The van der Waals surface area contributed by atoms with Crippen LogP contribution in [0.2, 0.25) is 0 Å². The van der Waals surface area contributed by atoms with Crippen LogP contribution in [0, 0.1) is 23.1 Å². The average molecular weight is 787 g/mol. The summed E-state index contributed by atoms with van der Waals surface area (Å²) in [4.78, 5) is 99.5. The predicted molar refractivity (Wildman–Crippen MR) is 194 cm³/mol. The van der Waals surface area contributed by atoms with E-state index in [-0.39, 0.29) is 44.3 Å². The van der Waals surface area contributed by atoms with Gasteiger partial charge in [-0.25, -0.2) is 19.1 Å². The van der Waals surface area contributed by atoms with Crippen LogP contribution < -0.4 is 16.0 Å². The summed E-state index contributed by atoms with van der Waals surface area (Å²) in [7, 11) is 1.40. The van der Waals surface area contributed by atoms with Gasteiger partial charge in [0.05, 0.1) is 6.04 Å². The molecule has 0 bridgehead atoms. The minimum Gasteiger partial charge on any atom is -0.461 e. The second-order valence-corrected chi connectivity index (χ2v) is 15.4. The zero-order valence-electron chi connectivity index (χ0n) is 32.1. The van der Waals surface area contributed by atoms with Crippen molar-refractivity contribution in [2.45, 2.75) is 127 Å². The molecule has 1 aliphatic carbocycles. The fourth-order valence-corrected chi connectivity index (χ4v) is 8.07. The summed E-state index contributed by atoms with van der Waals surface area (Å²) in [5.41, 5.74) is 7.60. The highest BCUT2D eigenvalue weighted by atomic mass is 19.1. The Hall–Kier alpha value is -5.03. The van der Waals surface area contributed by atoms with E-state index in [0.717, 1.165) is 49.1 Å². The molecule has 0 radical (unpaired) electrons. The van der Waals surface area contributed by atoms with E-state index >= 15 is 0 Å². The lowest BCUT2D eigenvalue weighted by molar-refractivity contribution is -0.158. The van der Waals surface area contributed by atoms with E-state index in [1.165, 1.54) is 30.7 Å². The monoisotopic (exact) mass is 786 g/mol. The zero-order valence-corrected chi connectivity index (χ0v) is 32.1. The Bertz CT molecular complexity index is 1670. The Morgan fingerprint density at radius 2 is 1.64 bits per heavy atom. The maximum atomic E-state index is 14.3. The number of hydrogen-bond acceptors (Lipinski definition) is 10. The van der Waals surface area contributed by atoms with Gasteiger partial charge in [0.15, 0.2) is 0 Å². The topological polar surface area (TPSA) is 211 Å². The van der Waals surface area contributed by atoms with Gasteiger partial charge in [0.25, 0.3) is 0 Å². The number of benzene rings is 1. The number of amides is 6. The average Bonchev–Trinajstić information content (AvgIpc) is 3.85. The molecule has 4 aliphatic rings. The second-order valence-electron chi connectivity index (χ2n) is 15.4. The summed E-state index contributed by atoms with van der Waals surface area (Å²) < 4.78 is 34.1. The molecule has 56 heavy (non-hydrogen) atoms. The largest absolute Gasteiger partial charge is 0.461 e. The maximum Gasteiger partial charge on any atom is 0.329 e. The summed E-state index contributed by atoms with van der Waals surface area (Å²) in [6.45, 7) is 2.14. The standard InChI is InChI=1S/C38H52F2N8O8/c1-21-35(52)48-19-27(45-41)18-31(48)38(55)56-20-29(36(53)47-13-7-10-30(47)37(54)46(3)22(2)33(50)42-21)44-34(51)28(16-24-14-25(39)17-26(40)15-24)43-32(49)12-11-23-8-5-4-6-9-23/h14-15,17,21-23,27-31,41H,4-13,16,18-20H2,1-3H3,(H,42,50)(H,43,49)(H,44,51)/t21-,22-,27-,28-,29-,30-,31-/m0/s1. The maximum absolute atomic E-state index is 14.3. The number of hydrogen-bond donors (Lipinski definition) is 4. The summed E-state index contributed by atoms with van der Waals surface area (Å²) in [6.07, 6.45) is 6.20. The number of ether oxygens (including phenoxy) is 1. The first-order chi connectivity index (χ1) is 26.7. The van der Waals surface area contributed by atoms with E-state index in [0.29, 0.717) is 24.8 Å². The SMILES string of the molecule is C[C@@H]1NC(=O)[C@H](C)N(C)C(=O)[C@@H]2CCCN2C(=O)[C@@H](NC(=O)[C@H](Cc2cc(F)cc(F)c2)NC(=O)CCC2CCCCC2)COC(=O)[C@@H]2C[C@H](N=N)CN2C1=O.